The van der Waals surface area contributed by atoms with Crippen molar-refractivity contribution in [2.24, 2.45) is 0 Å². The van der Waals surface area contributed by atoms with Crippen LogP contribution in [0.3, 0.4) is 0 Å². The van der Waals surface area contributed by atoms with Gasteiger partial charge in [-0.3, -0.25) is 0 Å². The number of ether oxygens (including phenoxy) is 1. The molecule has 4 nitrogen and oxygen atoms in total. The molecule has 1 aromatic rings. The van der Waals surface area contributed by atoms with E-state index in [2.05, 4.69) is 6.92 Å². The van der Waals surface area contributed by atoms with Crippen LogP contribution >= 0.6 is 0 Å². The number of piperidine rings is 1. The zero-order valence-electron chi connectivity index (χ0n) is 12.2. The lowest BCUT2D eigenvalue weighted by Crippen LogP contribution is -2.43. The Kier molecular flexibility index (Phi) is 5.05. The molecule has 0 saturated carbocycles. The fraction of sp³-hybridized carbons (Fsp3) is 0.600. The molecule has 0 aromatic heterocycles. The van der Waals surface area contributed by atoms with E-state index in [1.807, 2.05) is 6.92 Å². The van der Waals surface area contributed by atoms with Gasteiger partial charge in [0.25, 0.3) is 0 Å². The Morgan fingerprint density at radius 2 is 1.90 bits per heavy atom. The standard InChI is InChI=1S/C15H23NO3S/c1-3-13-7-5-6-12-16(13)20(17,18)15-10-8-14(9-11-15)19-4-2/h8-11,13H,3-7,12H2,1-2H3/t13-/m1/s1. The van der Waals surface area contributed by atoms with Crippen LogP contribution in [0.15, 0.2) is 29.2 Å². The molecular weight excluding hydrogens is 274 g/mol. The highest BCUT2D eigenvalue weighted by molar-refractivity contribution is 7.89. The first kappa shape index (κ1) is 15.3. The van der Waals surface area contributed by atoms with Crippen molar-refractivity contribution < 1.29 is 13.2 Å². The molecule has 0 amide bonds. The maximum absolute atomic E-state index is 12.7. The molecule has 5 heteroatoms. The third-order valence-corrected chi connectivity index (χ3v) is 5.75. The molecule has 1 fully saturated rings. The van der Waals surface area contributed by atoms with Crippen molar-refractivity contribution >= 4 is 10.0 Å². The van der Waals surface area contributed by atoms with E-state index in [0.29, 0.717) is 23.8 Å². The lowest BCUT2D eigenvalue weighted by molar-refractivity contribution is 0.246. The van der Waals surface area contributed by atoms with E-state index >= 15 is 0 Å². The van der Waals surface area contributed by atoms with Gasteiger partial charge in [-0.25, -0.2) is 8.42 Å². The fourth-order valence-electron chi connectivity index (χ4n) is 2.71. The quantitative estimate of drug-likeness (QED) is 0.839. The topological polar surface area (TPSA) is 46.6 Å². The second-order valence-electron chi connectivity index (χ2n) is 5.08. The van der Waals surface area contributed by atoms with Gasteiger partial charge in [0.1, 0.15) is 5.75 Å². The highest BCUT2D eigenvalue weighted by Gasteiger charge is 2.32. The van der Waals surface area contributed by atoms with Crippen molar-refractivity contribution in [2.75, 3.05) is 13.2 Å². The van der Waals surface area contributed by atoms with E-state index in [9.17, 15) is 8.42 Å². The number of hydrogen-bond acceptors (Lipinski definition) is 3. The summed E-state index contributed by atoms with van der Waals surface area (Å²) in [5.74, 6) is 0.706. The van der Waals surface area contributed by atoms with Gasteiger partial charge in [-0.2, -0.15) is 4.31 Å². The van der Waals surface area contributed by atoms with Gasteiger partial charge in [0.05, 0.1) is 11.5 Å². The maximum atomic E-state index is 12.7. The number of hydrogen-bond donors (Lipinski definition) is 0. The van der Waals surface area contributed by atoms with E-state index in [1.165, 1.54) is 0 Å². The van der Waals surface area contributed by atoms with Crippen molar-refractivity contribution in [3.8, 4) is 5.75 Å². The molecule has 0 bridgehead atoms. The van der Waals surface area contributed by atoms with E-state index in [-0.39, 0.29) is 6.04 Å². The van der Waals surface area contributed by atoms with E-state index in [4.69, 9.17) is 4.74 Å². The van der Waals surface area contributed by atoms with Crippen LogP contribution in [0.2, 0.25) is 0 Å². The summed E-state index contributed by atoms with van der Waals surface area (Å²) in [5, 5.41) is 0. The Hall–Kier alpha value is -1.07. The lowest BCUT2D eigenvalue weighted by atomic mass is 10.0. The minimum absolute atomic E-state index is 0.139. The molecule has 1 saturated heterocycles. The van der Waals surface area contributed by atoms with Gasteiger partial charge < -0.3 is 4.74 Å². The third kappa shape index (κ3) is 3.15. The van der Waals surface area contributed by atoms with Crippen LogP contribution in [0.5, 0.6) is 5.75 Å². The van der Waals surface area contributed by atoms with Crippen LogP contribution in [-0.4, -0.2) is 31.9 Å². The van der Waals surface area contributed by atoms with Crippen molar-refractivity contribution in [1.82, 2.24) is 4.31 Å². The predicted octanol–water partition coefficient (Wildman–Crippen LogP) is 3.04. The summed E-state index contributed by atoms with van der Waals surface area (Å²) >= 11 is 0. The molecule has 0 radical (unpaired) electrons. The highest BCUT2D eigenvalue weighted by Crippen LogP contribution is 2.27. The number of sulfonamides is 1. The first-order valence-corrected chi connectivity index (χ1v) is 8.78. The average molecular weight is 297 g/mol. The molecule has 1 aliphatic heterocycles. The first-order valence-electron chi connectivity index (χ1n) is 7.34. The van der Waals surface area contributed by atoms with E-state index < -0.39 is 10.0 Å². The summed E-state index contributed by atoms with van der Waals surface area (Å²) in [4.78, 5) is 0.362. The molecule has 1 aromatic carbocycles. The highest BCUT2D eigenvalue weighted by atomic mass is 32.2. The van der Waals surface area contributed by atoms with Crippen molar-refractivity contribution in [2.45, 2.75) is 50.5 Å². The summed E-state index contributed by atoms with van der Waals surface area (Å²) in [6.07, 6.45) is 3.91. The van der Waals surface area contributed by atoms with Gasteiger partial charge >= 0.3 is 0 Å². The van der Waals surface area contributed by atoms with Crippen molar-refractivity contribution in [1.29, 1.82) is 0 Å². The molecule has 2 rings (SSSR count). The van der Waals surface area contributed by atoms with Gasteiger partial charge in [0.15, 0.2) is 0 Å². The van der Waals surface area contributed by atoms with Crippen molar-refractivity contribution in [3.63, 3.8) is 0 Å². The van der Waals surface area contributed by atoms with Crippen LogP contribution in [0, 0.1) is 0 Å². The summed E-state index contributed by atoms with van der Waals surface area (Å²) in [6.45, 7) is 5.17. The zero-order chi connectivity index (χ0) is 14.6. The second-order valence-corrected chi connectivity index (χ2v) is 6.97. The second kappa shape index (κ2) is 6.59. The van der Waals surface area contributed by atoms with Crippen LogP contribution in [0.1, 0.15) is 39.5 Å². The molecule has 0 N–H and O–H groups in total. The Balaban J connectivity index is 2.24. The maximum Gasteiger partial charge on any atom is 0.243 e. The van der Waals surface area contributed by atoms with E-state index in [1.54, 1.807) is 28.6 Å². The molecule has 0 spiro atoms. The van der Waals surface area contributed by atoms with Gasteiger partial charge in [-0.15, -0.1) is 0 Å². The Labute approximate surface area is 121 Å². The zero-order valence-corrected chi connectivity index (χ0v) is 13.0. The van der Waals surface area contributed by atoms with Gasteiger partial charge in [0.2, 0.25) is 10.0 Å². The smallest absolute Gasteiger partial charge is 0.243 e. The minimum Gasteiger partial charge on any atom is -0.494 e. The number of rotatable bonds is 5. The molecule has 0 aliphatic carbocycles. The summed E-state index contributed by atoms with van der Waals surface area (Å²) in [7, 11) is -3.38. The van der Waals surface area contributed by atoms with Gasteiger partial charge in [-0.05, 0) is 50.5 Å². The molecule has 1 heterocycles. The molecular formula is C15H23NO3S. The summed E-state index contributed by atoms with van der Waals surface area (Å²) < 4.78 is 32.4. The number of benzene rings is 1. The molecule has 20 heavy (non-hydrogen) atoms. The van der Waals surface area contributed by atoms with Crippen molar-refractivity contribution in [3.05, 3.63) is 24.3 Å². The van der Waals surface area contributed by atoms with Gasteiger partial charge in [0, 0.05) is 12.6 Å². The SMILES string of the molecule is CCOc1ccc(S(=O)(=O)N2CCCC[C@H]2CC)cc1. The summed E-state index contributed by atoms with van der Waals surface area (Å²) in [6, 6.07) is 6.87. The Bertz CT molecular complexity index is 525. The predicted molar refractivity (Wildman–Crippen MR) is 79.4 cm³/mol. The monoisotopic (exact) mass is 297 g/mol. The summed E-state index contributed by atoms with van der Waals surface area (Å²) in [5.41, 5.74) is 0. The van der Waals surface area contributed by atoms with Crippen LogP contribution < -0.4 is 4.74 Å². The number of nitrogens with zero attached hydrogens (tertiary/aromatic N) is 1. The largest absolute Gasteiger partial charge is 0.494 e. The molecule has 1 aliphatic rings. The lowest BCUT2D eigenvalue weighted by Gasteiger charge is -2.34. The third-order valence-electron chi connectivity index (χ3n) is 3.79. The van der Waals surface area contributed by atoms with Crippen LogP contribution in [0.4, 0.5) is 0 Å². The average Bonchev–Trinajstić information content (AvgIpc) is 2.48. The van der Waals surface area contributed by atoms with Crippen LogP contribution in [0.25, 0.3) is 0 Å². The Morgan fingerprint density at radius 1 is 1.20 bits per heavy atom. The molecule has 112 valence electrons. The van der Waals surface area contributed by atoms with Crippen LogP contribution in [-0.2, 0) is 10.0 Å². The minimum atomic E-state index is -3.38. The van der Waals surface area contributed by atoms with Gasteiger partial charge in [-0.1, -0.05) is 13.3 Å². The molecule has 1 atom stereocenters. The fourth-order valence-corrected chi connectivity index (χ4v) is 4.48. The normalized spacial score (nSPS) is 20.8. The first-order chi connectivity index (χ1) is 9.59. The Morgan fingerprint density at radius 3 is 2.50 bits per heavy atom. The van der Waals surface area contributed by atoms with E-state index in [0.717, 1.165) is 25.7 Å². The molecule has 0 unspecified atom stereocenters.